The molecule has 0 spiro atoms. The normalized spacial score (nSPS) is 22.3. The van der Waals surface area contributed by atoms with Gasteiger partial charge in [0.2, 0.25) is 0 Å². The van der Waals surface area contributed by atoms with Gasteiger partial charge in [-0.2, -0.15) is 0 Å². The quantitative estimate of drug-likeness (QED) is 0.874. The van der Waals surface area contributed by atoms with Crippen molar-refractivity contribution < 1.29 is 4.74 Å². The van der Waals surface area contributed by atoms with Crippen LogP contribution in [0.4, 0.5) is 0 Å². The predicted octanol–water partition coefficient (Wildman–Crippen LogP) is 3.08. The summed E-state index contributed by atoms with van der Waals surface area (Å²) in [5.74, 6) is 0.900. The lowest BCUT2D eigenvalue weighted by atomic mass is 9.86. The topological polar surface area (TPSA) is 35.2 Å². The summed E-state index contributed by atoms with van der Waals surface area (Å²) >= 11 is 0. The Balaban J connectivity index is 1.81. The van der Waals surface area contributed by atoms with Crippen molar-refractivity contribution in [1.29, 1.82) is 0 Å². The highest BCUT2D eigenvalue weighted by molar-refractivity contribution is 5.34. The monoisotopic (exact) mass is 239 g/mol. The number of hydrogen-bond donors (Lipinski definition) is 1. The lowest BCUT2D eigenvalue weighted by Gasteiger charge is -2.31. The second kappa shape index (κ2) is 4.83. The number of benzene rings is 2. The molecule has 3 rings (SSSR count). The zero-order valence-corrected chi connectivity index (χ0v) is 10.3. The minimum absolute atomic E-state index is 0.0323. The lowest BCUT2D eigenvalue weighted by Crippen LogP contribution is -2.35. The predicted molar refractivity (Wildman–Crippen MR) is 72.5 cm³/mol. The summed E-state index contributed by atoms with van der Waals surface area (Å²) in [6.07, 6.45) is 2.09. The van der Waals surface area contributed by atoms with Gasteiger partial charge in [0, 0.05) is 0 Å². The average Bonchev–Trinajstić information content (AvgIpc) is 2.43. The summed E-state index contributed by atoms with van der Waals surface area (Å²) < 4.78 is 6.00. The van der Waals surface area contributed by atoms with E-state index in [4.69, 9.17) is 10.5 Å². The number of ether oxygens (including phenoxy) is 1. The maximum Gasteiger partial charge on any atom is 0.119 e. The van der Waals surface area contributed by atoms with E-state index in [1.165, 1.54) is 11.1 Å². The number of hydrogen-bond acceptors (Lipinski definition) is 2. The van der Waals surface area contributed by atoms with E-state index in [2.05, 4.69) is 18.2 Å². The largest absolute Gasteiger partial charge is 0.488 e. The van der Waals surface area contributed by atoms with Gasteiger partial charge in [0.25, 0.3) is 0 Å². The molecule has 18 heavy (non-hydrogen) atoms. The fourth-order valence-electron chi connectivity index (χ4n) is 2.57. The maximum atomic E-state index is 6.31. The van der Waals surface area contributed by atoms with E-state index in [0.29, 0.717) is 0 Å². The molecule has 2 heteroatoms. The van der Waals surface area contributed by atoms with E-state index in [9.17, 15) is 0 Å². The van der Waals surface area contributed by atoms with Crippen molar-refractivity contribution in [3.05, 3.63) is 65.7 Å². The molecule has 0 aromatic heterocycles. The second-order valence-electron chi connectivity index (χ2n) is 4.73. The molecule has 0 heterocycles. The van der Waals surface area contributed by atoms with Crippen molar-refractivity contribution in [2.75, 3.05) is 0 Å². The van der Waals surface area contributed by atoms with Gasteiger partial charge in [0.05, 0.1) is 6.04 Å². The Hall–Kier alpha value is -1.80. The van der Waals surface area contributed by atoms with Crippen molar-refractivity contribution in [3.8, 4) is 5.75 Å². The molecule has 1 aliphatic carbocycles. The molecule has 0 saturated carbocycles. The minimum Gasteiger partial charge on any atom is -0.488 e. The fraction of sp³-hybridized carbons (Fsp3) is 0.250. The van der Waals surface area contributed by atoms with Gasteiger partial charge in [0.1, 0.15) is 11.9 Å². The molecule has 92 valence electrons. The van der Waals surface area contributed by atoms with Gasteiger partial charge >= 0.3 is 0 Å². The second-order valence-corrected chi connectivity index (χ2v) is 4.73. The molecule has 0 fully saturated rings. The van der Waals surface area contributed by atoms with Crippen molar-refractivity contribution in [2.45, 2.75) is 25.0 Å². The van der Waals surface area contributed by atoms with Gasteiger partial charge in [-0.15, -0.1) is 0 Å². The van der Waals surface area contributed by atoms with Crippen LogP contribution in [0.5, 0.6) is 5.75 Å². The molecule has 0 bridgehead atoms. The van der Waals surface area contributed by atoms with Crippen LogP contribution >= 0.6 is 0 Å². The van der Waals surface area contributed by atoms with E-state index in [1.807, 2.05) is 36.4 Å². The number of rotatable bonds is 2. The first kappa shape index (κ1) is 11.3. The highest BCUT2D eigenvalue weighted by Crippen LogP contribution is 2.30. The van der Waals surface area contributed by atoms with E-state index < -0.39 is 0 Å². The smallest absolute Gasteiger partial charge is 0.119 e. The number of nitrogens with two attached hydrogens (primary N) is 1. The Morgan fingerprint density at radius 3 is 2.50 bits per heavy atom. The third kappa shape index (κ3) is 2.12. The van der Waals surface area contributed by atoms with E-state index >= 15 is 0 Å². The number of para-hydroxylation sites is 1. The summed E-state index contributed by atoms with van der Waals surface area (Å²) in [4.78, 5) is 0. The van der Waals surface area contributed by atoms with Gasteiger partial charge in [-0.05, 0) is 36.1 Å². The summed E-state index contributed by atoms with van der Waals surface area (Å²) in [7, 11) is 0. The zero-order valence-electron chi connectivity index (χ0n) is 10.3. The molecule has 2 aromatic rings. The van der Waals surface area contributed by atoms with Crippen LogP contribution in [0.2, 0.25) is 0 Å². The minimum atomic E-state index is -0.0323. The molecule has 2 atom stereocenters. The Morgan fingerprint density at radius 1 is 0.944 bits per heavy atom. The molecular formula is C16H17NO. The van der Waals surface area contributed by atoms with Gasteiger partial charge in [-0.25, -0.2) is 0 Å². The third-order valence-corrected chi connectivity index (χ3v) is 3.54. The molecule has 0 saturated heterocycles. The molecule has 0 radical (unpaired) electrons. The van der Waals surface area contributed by atoms with Crippen molar-refractivity contribution in [2.24, 2.45) is 5.73 Å². The Kier molecular flexibility index (Phi) is 3.03. The Bertz CT molecular complexity index is 524. The van der Waals surface area contributed by atoms with Crippen LogP contribution < -0.4 is 10.5 Å². The average molecular weight is 239 g/mol. The van der Waals surface area contributed by atoms with Gasteiger partial charge in [-0.1, -0.05) is 42.5 Å². The van der Waals surface area contributed by atoms with Crippen LogP contribution in [-0.4, -0.2) is 6.10 Å². The Morgan fingerprint density at radius 2 is 1.67 bits per heavy atom. The molecule has 2 N–H and O–H groups in total. The van der Waals surface area contributed by atoms with E-state index in [1.54, 1.807) is 0 Å². The van der Waals surface area contributed by atoms with Crippen molar-refractivity contribution >= 4 is 0 Å². The molecule has 2 unspecified atom stereocenters. The van der Waals surface area contributed by atoms with Crippen LogP contribution in [0, 0.1) is 0 Å². The first-order chi connectivity index (χ1) is 8.84. The van der Waals surface area contributed by atoms with Gasteiger partial charge < -0.3 is 10.5 Å². The Labute approximate surface area is 107 Å². The molecule has 2 nitrogen and oxygen atoms in total. The van der Waals surface area contributed by atoms with Gasteiger partial charge in [-0.3, -0.25) is 0 Å². The first-order valence-corrected chi connectivity index (χ1v) is 6.40. The van der Waals surface area contributed by atoms with Crippen LogP contribution in [0.15, 0.2) is 54.6 Å². The molecular weight excluding hydrogens is 222 g/mol. The van der Waals surface area contributed by atoms with Crippen molar-refractivity contribution in [1.82, 2.24) is 0 Å². The third-order valence-electron chi connectivity index (χ3n) is 3.54. The fourth-order valence-corrected chi connectivity index (χ4v) is 2.57. The molecule has 0 aliphatic heterocycles. The summed E-state index contributed by atoms with van der Waals surface area (Å²) in [6, 6.07) is 18.3. The van der Waals surface area contributed by atoms with Crippen molar-refractivity contribution in [3.63, 3.8) is 0 Å². The van der Waals surface area contributed by atoms with E-state index in [0.717, 1.165) is 18.6 Å². The summed E-state index contributed by atoms with van der Waals surface area (Å²) in [5, 5.41) is 0. The maximum absolute atomic E-state index is 6.31. The van der Waals surface area contributed by atoms with Crippen LogP contribution in [0.3, 0.4) is 0 Å². The standard InChI is InChI=1S/C16H17NO/c17-16-14-9-5-4-6-12(14)10-11-15(16)18-13-7-2-1-3-8-13/h1-9,15-16H,10-11,17H2. The highest BCUT2D eigenvalue weighted by atomic mass is 16.5. The lowest BCUT2D eigenvalue weighted by molar-refractivity contribution is 0.153. The summed E-state index contributed by atoms with van der Waals surface area (Å²) in [5.41, 5.74) is 8.90. The number of aryl methyl sites for hydroxylation is 1. The first-order valence-electron chi connectivity index (χ1n) is 6.40. The molecule has 2 aromatic carbocycles. The van der Waals surface area contributed by atoms with Crippen LogP contribution in [-0.2, 0) is 6.42 Å². The highest BCUT2D eigenvalue weighted by Gasteiger charge is 2.27. The molecule has 1 aliphatic rings. The summed E-state index contributed by atoms with van der Waals surface area (Å²) in [6.45, 7) is 0. The van der Waals surface area contributed by atoms with Gasteiger partial charge in [0.15, 0.2) is 0 Å². The molecule has 0 amide bonds. The van der Waals surface area contributed by atoms with Crippen LogP contribution in [0.25, 0.3) is 0 Å². The number of fused-ring (bicyclic) bond motifs is 1. The zero-order chi connectivity index (χ0) is 12.4. The van der Waals surface area contributed by atoms with E-state index in [-0.39, 0.29) is 12.1 Å². The SMILES string of the molecule is NC1c2ccccc2CCC1Oc1ccccc1. The van der Waals surface area contributed by atoms with Crippen LogP contribution in [0.1, 0.15) is 23.6 Å².